The van der Waals surface area contributed by atoms with E-state index in [2.05, 4.69) is 11.2 Å². The van der Waals surface area contributed by atoms with Gasteiger partial charge in [-0.15, -0.1) is 0 Å². The SMILES string of the molecule is N#CCCn1cc(/C=C\C(=O)O)c(-c2cccc3ccccc23)n1. The van der Waals surface area contributed by atoms with Gasteiger partial charge in [0.2, 0.25) is 0 Å². The van der Waals surface area contributed by atoms with E-state index in [-0.39, 0.29) is 0 Å². The number of aryl methyl sites for hydroxylation is 1. The van der Waals surface area contributed by atoms with Gasteiger partial charge in [-0.1, -0.05) is 42.5 Å². The van der Waals surface area contributed by atoms with Crippen LogP contribution in [0.3, 0.4) is 0 Å². The van der Waals surface area contributed by atoms with Crippen LogP contribution in [0.2, 0.25) is 0 Å². The van der Waals surface area contributed by atoms with Gasteiger partial charge in [0.15, 0.2) is 0 Å². The molecule has 0 aliphatic carbocycles. The molecule has 1 heterocycles. The molecule has 3 rings (SSSR count). The predicted octanol–water partition coefficient (Wildman–Crippen LogP) is 3.71. The molecular formula is C19H15N3O2. The molecule has 0 fully saturated rings. The quantitative estimate of drug-likeness (QED) is 0.727. The van der Waals surface area contributed by atoms with Crippen LogP contribution in [0.15, 0.2) is 54.7 Å². The molecule has 0 amide bonds. The van der Waals surface area contributed by atoms with Crippen LogP contribution in [0, 0.1) is 11.3 Å². The van der Waals surface area contributed by atoms with Crippen molar-refractivity contribution in [1.82, 2.24) is 9.78 Å². The number of rotatable bonds is 5. The lowest BCUT2D eigenvalue weighted by molar-refractivity contribution is -0.131. The van der Waals surface area contributed by atoms with E-state index in [1.807, 2.05) is 42.5 Å². The van der Waals surface area contributed by atoms with Crippen molar-refractivity contribution < 1.29 is 9.90 Å². The summed E-state index contributed by atoms with van der Waals surface area (Å²) in [5.41, 5.74) is 2.36. The summed E-state index contributed by atoms with van der Waals surface area (Å²) < 4.78 is 1.68. The van der Waals surface area contributed by atoms with Gasteiger partial charge in [-0.3, -0.25) is 4.68 Å². The molecule has 1 N–H and O–H groups in total. The van der Waals surface area contributed by atoms with E-state index in [9.17, 15) is 4.79 Å². The Bertz CT molecular complexity index is 959. The minimum Gasteiger partial charge on any atom is -0.478 e. The monoisotopic (exact) mass is 317 g/mol. The number of benzene rings is 2. The normalized spacial score (nSPS) is 11.0. The first kappa shape index (κ1) is 15.5. The van der Waals surface area contributed by atoms with Crippen molar-refractivity contribution in [3.63, 3.8) is 0 Å². The minimum absolute atomic E-state index is 0.346. The third-order valence-electron chi connectivity index (χ3n) is 3.69. The Morgan fingerprint density at radius 2 is 2.04 bits per heavy atom. The first-order valence-corrected chi connectivity index (χ1v) is 7.52. The Hall–Kier alpha value is -3.39. The summed E-state index contributed by atoms with van der Waals surface area (Å²) >= 11 is 0. The van der Waals surface area contributed by atoms with Crippen molar-refractivity contribution in [2.75, 3.05) is 0 Å². The Morgan fingerprint density at radius 3 is 2.83 bits per heavy atom. The Morgan fingerprint density at radius 1 is 1.25 bits per heavy atom. The Balaban J connectivity index is 2.15. The smallest absolute Gasteiger partial charge is 0.328 e. The number of nitriles is 1. The molecule has 5 heteroatoms. The number of aromatic nitrogens is 2. The predicted molar refractivity (Wildman–Crippen MR) is 92.1 cm³/mol. The van der Waals surface area contributed by atoms with Gasteiger partial charge in [0.1, 0.15) is 5.69 Å². The van der Waals surface area contributed by atoms with Crippen LogP contribution < -0.4 is 0 Å². The van der Waals surface area contributed by atoms with Crippen LogP contribution in [-0.2, 0) is 11.3 Å². The molecule has 0 radical (unpaired) electrons. The molecule has 24 heavy (non-hydrogen) atoms. The molecular weight excluding hydrogens is 302 g/mol. The number of aliphatic carboxylic acids is 1. The zero-order chi connectivity index (χ0) is 16.9. The summed E-state index contributed by atoms with van der Waals surface area (Å²) in [6, 6.07) is 16.0. The molecule has 0 spiro atoms. The number of carbonyl (C=O) groups is 1. The fourth-order valence-corrected chi connectivity index (χ4v) is 2.64. The van der Waals surface area contributed by atoms with Crippen LogP contribution in [0.1, 0.15) is 12.0 Å². The van der Waals surface area contributed by atoms with Crippen LogP contribution in [0.4, 0.5) is 0 Å². The van der Waals surface area contributed by atoms with Gasteiger partial charge in [0, 0.05) is 23.4 Å². The lowest BCUT2D eigenvalue weighted by Crippen LogP contribution is -1.97. The Labute approximate surface area is 139 Å². The fourth-order valence-electron chi connectivity index (χ4n) is 2.64. The fraction of sp³-hybridized carbons (Fsp3) is 0.105. The third-order valence-corrected chi connectivity index (χ3v) is 3.69. The summed E-state index contributed by atoms with van der Waals surface area (Å²) in [6.45, 7) is 0.467. The van der Waals surface area contributed by atoms with E-state index in [1.54, 1.807) is 10.9 Å². The molecule has 0 saturated heterocycles. The van der Waals surface area contributed by atoms with E-state index in [4.69, 9.17) is 10.4 Å². The second kappa shape index (κ2) is 6.80. The highest BCUT2D eigenvalue weighted by molar-refractivity contribution is 5.98. The maximum Gasteiger partial charge on any atom is 0.328 e. The highest BCUT2D eigenvalue weighted by atomic mass is 16.4. The van der Waals surface area contributed by atoms with Crippen molar-refractivity contribution in [2.45, 2.75) is 13.0 Å². The van der Waals surface area contributed by atoms with Crippen LogP contribution in [0.5, 0.6) is 0 Å². The highest BCUT2D eigenvalue weighted by Gasteiger charge is 2.12. The molecule has 0 aliphatic rings. The van der Waals surface area contributed by atoms with Crippen molar-refractivity contribution in [3.05, 3.63) is 60.3 Å². The van der Waals surface area contributed by atoms with Gasteiger partial charge in [0.25, 0.3) is 0 Å². The molecule has 0 aliphatic heterocycles. The number of hydrogen-bond acceptors (Lipinski definition) is 3. The third kappa shape index (κ3) is 3.18. The topological polar surface area (TPSA) is 78.9 Å². The molecule has 0 bridgehead atoms. The Kier molecular flexibility index (Phi) is 4.39. The highest BCUT2D eigenvalue weighted by Crippen LogP contribution is 2.30. The molecule has 0 saturated carbocycles. The largest absolute Gasteiger partial charge is 0.478 e. The van der Waals surface area contributed by atoms with Gasteiger partial charge < -0.3 is 5.11 Å². The van der Waals surface area contributed by atoms with Crippen molar-refractivity contribution in [2.24, 2.45) is 0 Å². The first-order valence-electron chi connectivity index (χ1n) is 7.52. The summed E-state index contributed by atoms with van der Waals surface area (Å²) in [5, 5.41) is 24.4. The number of nitrogens with zero attached hydrogens (tertiary/aromatic N) is 3. The standard InChI is InChI=1S/C19H15N3O2/c20-11-4-12-22-13-15(9-10-18(23)24)19(21-22)17-8-3-6-14-5-1-2-7-16(14)17/h1-3,5-10,13H,4,12H2,(H,23,24)/b10-9-. The molecule has 0 unspecified atom stereocenters. The molecule has 2 aromatic carbocycles. The molecule has 3 aromatic rings. The summed E-state index contributed by atoms with van der Waals surface area (Å²) in [6.07, 6.45) is 4.75. The van der Waals surface area contributed by atoms with Crippen molar-refractivity contribution in [1.29, 1.82) is 5.26 Å². The minimum atomic E-state index is -1.01. The van der Waals surface area contributed by atoms with E-state index in [0.29, 0.717) is 24.2 Å². The van der Waals surface area contributed by atoms with E-state index < -0.39 is 5.97 Å². The number of hydrogen-bond donors (Lipinski definition) is 1. The molecule has 0 atom stereocenters. The molecule has 118 valence electrons. The van der Waals surface area contributed by atoms with Crippen LogP contribution >= 0.6 is 0 Å². The number of carboxylic acid groups (broad SMARTS) is 1. The van der Waals surface area contributed by atoms with Gasteiger partial charge >= 0.3 is 5.97 Å². The molecule has 5 nitrogen and oxygen atoms in total. The number of carboxylic acids is 1. The lowest BCUT2D eigenvalue weighted by Gasteiger charge is -2.05. The lowest BCUT2D eigenvalue weighted by atomic mass is 10.00. The first-order chi connectivity index (χ1) is 11.7. The van der Waals surface area contributed by atoms with Crippen LogP contribution in [0.25, 0.3) is 28.1 Å². The van der Waals surface area contributed by atoms with Gasteiger partial charge in [-0.25, -0.2) is 4.79 Å². The number of fused-ring (bicyclic) bond motifs is 1. The van der Waals surface area contributed by atoms with Crippen molar-refractivity contribution in [3.8, 4) is 17.3 Å². The van der Waals surface area contributed by atoms with Gasteiger partial charge in [0.05, 0.1) is 19.0 Å². The average molecular weight is 317 g/mol. The van der Waals surface area contributed by atoms with Gasteiger partial charge in [-0.2, -0.15) is 10.4 Å². The second-order valence-corrected chi connectivity index (χ2v) is 5.30. The zero-order valence-corrected chi connectivity index (χ0v) is 12.9. The summed E-state index contributed by atoms with van der Waals surface area (Å²) in [5.74, 6) is -1.01. The van der Waals surface area contributed by atoms with E-state index in [1.165, 1.54) is 6.08 Å². The average Bonchev–Trinajstić information content (AvgIpc) is 3.00. The maximum atomic E-state index is 10.9. The van der Waals surface area contributed by atoms with E-state index >= 15 is 0 Å². The maximum absolute atomic E-state index is 10.9. The van der Waals surface area contributed by atoms with E-state index in [0.717, 1.165) is 22.4 Å². The van der Waals surface area contributed by atoms with Crippen molar-refractivity contribution >= 4 is 22.8 Å². The zero-order valence-electron chi connectivity index (χ0n) is 12.9. The summed E-state index contributed by atoms with van der Waals surface area (Å²) in [7, 11) is 0. The molecule has 1 aromatic heterocycles. The summed E-state index contributed by atoms with van der Waals surface area (Å²) in [4.78, 5) is 10.9. The van der Waals surface area contributed by atoms with Gasteiger partial charge in [-0.05, 0) is 16.8 Å². The van der Waals surface area contributed by atoms with Crippen LogP contribution in [-0.4, -0.2) is 20.9 Å². The second-order valence-electron chi connectivity index (χ2n) is 5.30.